The second-order valence-electron chi connectivity index (χ2n) is 5.36. The highest BCUT2D eigenvalue weighted by atomic mass is 16.7. The summed E-state index contributed by atoms with van der Waals surface area (Å²) < 4.78 is 11.3. The number of nitrogens with zero attached hydrogens (tertiary/aromatic N) is 1. The van der Waals surface area contributed by atoms with Gasteiger partial charge < -0.3 is 19.4 Å². The Bertz CT molecular complexity index is 453. The molecule has 5 nitrogen and oxygen atoms in total. The van der Waals surface area contributed by atoms with Crippen molar-refractivity contribution in [3.8, 4) is 0 Å². The summed E-state index contributed by atoms with van der Waals surface area (Å²) >= 11 is 0. The van der Waals surface area contributed by atoms with Crippen LogP contribution in [-0.4, -0.2) is 47.9 Å². The van der Waals surface area contributed by atoms with Gasteiger partial charge in [0.2, 0.25) is 5.91 Å². The Balaban J connectivity index is 1.54. The zero-order chi connectivity index (χ0) is 13.3. The summed E-state index contributed by atoms with van der Waals surface area (Å²) in [6.07, 6.45) is 3.94. The van der Waals surface area contributed by atoms with Crippen LogP contribution in [0.5, 0.6) is 0 Å². The smallest absolute Gasteiger partial charge is 0.227 e. The van der Waals surface area contributed by atoms with Crippen LogP contribution in [0.3, 0.4) is 0 Å². The van der Waals surface area contributed by atoms with Gasteiger partial charge in [-0.3, -0.25) is 4.79 Å². The van der Waals surface area contributed by atoms with Crippen LogP contribution in [0.15, 0.2) is 12.3 Å². The van der Waals surface area contributed by atoms with E-state index in [-0.39, 0.29) is 5.91 Å². The lowest BCUT2D eigenvalue weighted by Gasteiger charge is -2.37. The molecule has 2 aliphatic rings. The molecule has 104 valence electrons. The average Bonchev–Trinajstić information content (AvgIpc) is 3.00. The number of ether oxygens (including phenoxy) is 2. The number of nitrogens with one attached hydrogen (secondary N) is 1. The fraction of sp³-hybridized carbons (Fsp3) is 0.643. The summed E-state index contributed by atoms with van der Waals surface area (Å²) in [4.78, 5) is 17.2. The third-order valence-electron chi connectivity index (χ3n) is 3.93. The van der Waals surface area contributed by atoms with Crippen LogP contribution in [0.4, 0.5) is 0 Å². The number of carbonyl (C=O) groups excluding carboxylic acids is 1. The lowest BCUT2D eigenvalue weighted by molar-refractivity contribution is -0.187. The fourth-order valence-corrected chi connectivity index (χ4v) is 2.84. The van der Waals surface area contributed by atoms with Crippen LogP contribution >= 0.6 is 0 Å². The molecule has 2 fully saturated rings. The van der Waals surface area contributed by atoms with Crippen LogP contribution < -0.4 is 0 Å². The van der Waals surface area contributed by atoms with Gasteiger partial charge >= 0.3 is 0 Å². The normalized spacial score (nSPS) is 22.1. The van der Waals surface area contributed by atoms with E-state index in [0.29, 0.717) is 19.6 Å². The molecule has 3 rings (SSSR count). The molecule has 0 saturated carbocycles. The number of likely N-dealkylation sites (tertiary alicyclic amines) is 1. The van der Waals surface area contributed by atoms with E-state index >= 15 is 0 Å². The lowest BCUT2D eigenvalue weighted by atomic mass is 10.0. The Hall–Kier alpha value is -1.33. The first-order chi connectivity index (χ1) is 9.17. The average molecular weight is 264 g/mol. The minimum absolute atomic E-state index is 0.187. The molecule has 0 aliphatic carbocycles. The van der Waals surface area contributed by atoms with Crippen molar-refractivity contribution >= 4 is 5.91 Å². The zero-order valence-electron chi connectivity index (χ0n) is 11.3. The van der Waals surface area contributed by atoms with Gasteiger partial charge in [0.1, 0.15) is 0 Å². The van der Waals surface area contributed by atoms with Crippen molar-refractivity contribution in [3.05, 3.63) is 23.5 Å². The van der Waals surface area contributed by atoms with Crippen molar-refractivity contribution in [1.82, 2.24) is 9.88 Å². The minimum atomic E-state index is -0.401. The zero-order valence-corrected chi connectivity index (χ0v) is 11.3. The fourth-order valence-electron chi connectivity index (χ4n) is 2.84. The Labute approximate surface area is 112 Å². The molecule has 1 N–H and O–H groups in total. The third-order valence-corrected chi connectivity index (χ3v) is 3.93. The summed E-state index contributed by atoms with van der Waals surface area (Å²) in [5.41, 5.74) is 2.14. The highest BCUT2D eigenvalue weighted by Crippen LogP contribution is 2.31. The summed E-state index contributed by atoms with van der Waals surface area (Å²) in [5, 5.41) is 0. The number of aromatic nitrogens is 1. The van der Waals surface area contributed by atoms with Crippen LogP contribution in [0.1, 0.15) is 24.1 Å². The molecule has 19 heavy (non-hydrogen) atoms. The molecular weight excluding hydrogens is 244 g/mol. The Kier molecular flexibility index (Phi) is 3.33. The molecule has 0 bridgehead atoms. The molecule has 0 unspecified atom stereocenters. The van der Waals surface area contributed by atoms with E-state index in [4.69, 9.17) is 9.47 Å². The van der Waals surface area contributed by atoms with Crippen LogP contribution in [0.2, 0.25) is 0 Å². The second kappa shape index (κ2) is 4.98. The largest absolute Gasteiger partial charge is 0.365 e. The second-order valence-corrected chi connectivity index (χ2v) is 5.36. The summed E-state index contributed by atoms with van der Waals surface area (Å²) in [6, 6.07) is 2.02. The van der Waals surface area contributed by atoms with Gasteiger partial charge in [-0.25, -0.2) is 0 Å². The molecule has 2 aliphatic heterocycles. The summed E-state index contributed by atoms with van der Waals surface area (Å²) in [5.74, 6) is -0.214. The number of carbonyl (C=O) groups is 1. The van der Waals surface area contributed by atoms with Gasteiger partial charge in [0, 0.05) is 37.8 Å². The van der Waals surface area contributed by atoms with Crippen molar-refractivity contribution in [3.63, 3.8) is 0 Å². The van der Waals surface area contributed by atoms with Gasteiger partial charge in [0.05, 0.1) is 19.6 Å². The molecule has 5 heteroatoms. The standard InChI is InChI=1S/C14H20N2O3/c1-11-8-12(10-15-11)9-13(17)16-4-2-14(3-5-16)18-6-7-19-14/h8,10,15H,2-7,9H2,1H3. The van der Waals surface area contributed by atoms with E-state index in [1.165, 1.54) is 0 Å². The topological polar surface area (TPSA) is 54.6 Å². The first kappa shape index (κ1) is 12.7. The van der Waals surface area contributed by atoms with Crippen molar-refractivity contribution in [2.45, 2.75) is 32.0 Å². The van der Waals surface area contributed by atoms with Crippen LogP contribution in [-0.2, 0) is 20.7 Å². The van der Waals surface area contributed by atoms with Gasteiger partial charge in [0.15, 0.2) is 5.79 Å². The molecule has 2 saturated heterocycles. The van der Waals surface area contributed by atoms with E-state index in [1.807, 2.05) is 24.1 Å². The van der Waals surface area contributed by atoms with Crippen molar-refractivity contribution < 1.29 is 14.3 Å². The first-order valence-corrected chi connectivity index (χ1v) is 6.86. The van der Waals surface area contributed by atoms with E-state index in [2.05, 4.69) is 4.98 Å². The highest BCUT2D eigenvalue weighted by molar-refractivity contribution is 5.78. The lowest BCUT2D eigenvalue weighted by Crippen LogP contribution is -2.47. The van der Waals surface area contributed by atoms with Gasteiger partial charge in [0.25, 0.3) is 0 Å². The van der Waals surface area contributed by atoms with E-state index in [0.717, 1.165) is 37.2 Å². The number of aromatic amines is 1. The minimum Gasteiger partial charge on any atom is -0.365 e. The van der Waals surface area contributed by atoms with Crippen molar-refractivity contribution in [2.75, 3.05) is 26.3 Å². The molecule has 0 radical (unpaired) electrons. The molecule has 1 aromatic rings. The summed E-state index contributed by atoms with van der Waals surface area (Å²) in [7, 11) is 0. The predicted octanol–water partition coefficient (Wildman–Crippen LogP) is 1.23. The SMILES string of the molecule is Cc1cc(CC(=O)N2CCC3(CC2)OCCO3)c[nH]1. The van der Waals surface area contributed by atoms with Crippen LogP contribution in [0.25, 0.3) is 0 Å². The van der Waals surface area contributed by atoms with Crippen molar-refractivity contribution in [1.29, 1.82) is 0 Å². The van der Waals surface area contributed by atoms with E-state index in [1.54, 1.807) is 0 Å². The third kappa shape index (κ3) is 2.67. The molecule has 1 aromatic heterocycles. The van der Waals surface area contributed by atoms with Crippen molar-refractivity contribution in [2.24, 2.45) is 0 Å². The Morgan fingerprint density at radius 1 is 1.37 bits per heavy atom. The Morgan fingerprint density at radius 2 is 2.05 bits per heavy atom. The number of rotatable bonds is 2. The highest BCUT2D eigenvalue weighted by Gasteiger charge is 2.40. The monoisotopic (exact) mass is 264 g/mol. The van der Waals surface area contributed by atoms with Gasteiger partial charge in [-0.15, -0.1) is 0 Å². The molecule has 1 amide bonds. The predicted molar refractivity (Wildman–Crippen MR) is 69.7 cm³/mol. The Morgan fingerprint density at radius 3 is 2.63 bits per heavy atom. The molecule has 3 heterocycles. The maximum atomic E-state index is 12.2. The number of piperidine rings is 1. The molecule has 0 aromatic carbocycles. The number of aryl methyl sites for hydroxylation is 1. The first-order valence-electron chi connectivity index (χ1n) is 6.86. The number of amides is 1. The van der Waals surface area contributed by atoms with Gasteiger partial charge in [-0.1, -0.05) is 0 Å². The van der Waals surface area contributed by atoms with E-state index in [9.17, 15) is 4.79 Å². The molecule has 0 atom stereocenters. The van der Waals surface area contributed by atoms with Crippen LogP contribution in [0, 0.1) is 6.92 Å². The molecule has 1 spiro atoms. The maximum Gasteiger partial charge on any atom is 0.227 e. The van der Waals surface area contributed by atoms with Gasteiger partial charge in [-0.05, 0) is 18.6 Å². The quantitative estimate of drug-likeness (QED) is 0.874. The number of hydrogen-bond acceptors (Lipinski definition) is 3. The van der Waals surface area contributed by atoms with Gasteiger partial charge in [-0.2, -0.15) is 0 Å². The number of hydrogen-bond donors (Lipinski definition) is 1. The van der Waals surface area contributed by atoms with E-state index < -0.39 is 5.79 Å². The molecular formula is C14H20N2O3. The summed E-state index contributed by atoms with van der Waals surface area (Å²) in [6.45, 7) is 4.80. The number of H-pyrrole nitrogens is 1. The maximum absolute atomic E-state index is 12.2.